The van der Waals surface area contributed by atoms with E-state index in [2.05, 4.69) is 16.8 Å². The Bertz CT molecular complexity index is 1540. The van der Waals surface area contributed by atoms with Gasteiger partial charge in [-0.15, -0.1) is 0 Å². The first-order valence-corrected chi connectivity index (χ1v) is 11.9. The lowest BCUT2D eigenvalue weighted by atomic mass is 9.92. The van der Waals surface area contributed by atoms with Crippen molar-refractivity contribution in [2.24, 2.45) is 0 Å². The van der Waals surface area contributed by atoms with Crippen molar-refractivity contribution >= 4 is 22.7 Å². The van der Waals surface area contributed by atoms with Crippen LogP contribution in [0, 0.1) is 11.6 Å². The zero-order chi connectivity index (χ0) is 24.1. The van der Waals surface area contributed by atoms with Crippen molar-refractivity contribution in [2.75, 3.05) is 19.6 Å². The fourth-order valence-electron chi connectivity index (χ4n) is 5.32. The Morgan fingerprint density at radius 1 is 1.11 bits per heavy atom. The van der Waals surface area contributed by atoms with Gasteiger partial charge >= 0.3 is 5.69 Å². The minimum absolute atomic E-state index is 0.0151. The van der Waals surface area contributed by atoms with Crippen LogP contribution in [0.5, 0.6) is 5.75 Å². The maximum atomic E-state index is 14.7. The van der Waals surface area contributed by atoms with E-state index in [0.29, 0.717) is 22.4 Å². The highest BCUT2D eigenvalue weighted by atomic mass is 19.1. The molecule has 1 N–H and O–H groups in total. The molecule has 1 atom stereocenters. The topological polar surface area (TPSA) is 50.3 Å². The van der Waals surface area contributed by atoms with Gasteiger partial charge in [-0.3, -0.25) is 4.57 Å². The fraction of sp³-hybridized carbons (Fsp3) is 0.250. The minimum atomic E-state index is -0.414. The minimum Gasteiger partial charge on any atom is -0.488 e. The molecule has 0 radical (unpaired) electrons. The largest absolute Gasteiger partial charge is 0.488 e. The summed E-state index contributed by atoms with van der Waals surface area (Å²) in [6.07, 6.45) is 2.88. The Morgan fingerprint density at radius 2 is 2.00 bits per heavy atom. The summed E-state index contributed by atoms with van der Waals surface area (Å²) in [5.74, 6) is -0.408. The molecular formula is C28H25F2N3O2. The molecule has 2 aliphatic rings. The normalized spacial score (nSPS) is 18.9. The molecule has 5 nitrogen and oxygen atoms in total. The van der Waals surface area contributed by atoms with Gasteiger partial charge in [-0.2, -0.15) is 0 Å². The number of H-pyrrole nitrogens is 1. The van der Waals surface area contributed by atoms with E-state index >= 15 is 0 Å². The second-order valence-corrected chi connectivity index (χ2v) is 9.17. The van der Waals surface area contributed by atoms with E-state index in [1.165, 1.54) is 18.2 Å². The number of benzene rings is 3. The number of nitrogens with one attached hydrogen (secondary N) is 1. The van der Waals surface area contributed by atoms with Crippen LogP contribution >= 0.6 is 0 Å². The van der Waals surface area contributed by atoms with E-state index in [1.54, 1.807) is 12.1 Å². The van der Waals surface area contributed by atoms with Crippen LogP contribution in [0.3, 0.4) is 0 Å². The number of likely N-dealkylation sites (N-methyl/N-ethyl adjacent to an activating group) is 1. The summed E-state index contributed by atoms with van der Waals surface area (Å²) in [5, 5.41) is 0. The van der Waals surface area contributed by atoms with Gasteiger partial charge < -0.3 is 14.6 Å². The van der Waals surface area contributed by atoms with E-state index in [9.17, 15) is 13.6 Å². The summed E-state index contributed by atoms with van der Waals surface area (Å²) in [6, 6.07) is 15.3. The highest BCUT2D eigenvalue weighted by Crippen LogP contribution is 2.39. The van der Waals surface area contributed by atoms with Crippen LogP contribution < -0.4 is 10.4 Å². The van der Waals surface area contributed by atoms with E-state index in [0.717, 1.165) is 48.2 Å². The lowest BCUT2D eigenvalue weighted by molar-refractivity contribution is 0.299. The van der Waals surface area contributed by atoms with E-state index in [1.807, 2.05) is 34.9 Å². The Hall–Kier alpha value is -3.71. The molecule has 6 rings (SSSR count). The van der Waals surface area contributed by atoms with E-state index in [4.69, 9.17) is 4.74 Å². The quantitative estimate of drug-likeness (QED) is 0.436. The van der Waals surface area contributed by atoms with Crippen molar-refractivity contribution in [2.45, 2.75) is 26.0 Å². The molecule has 0 unspecified atom stereocenters. The monoisotopic (exact) mass is 473 g/mol. The Balaban J connectivity index is 1.48. The molecule has 7 heteroatoms. The standard InChI is InChI=1S/C28H25F2N3O2/c1-2-32-11-10-19(15-32)33-26-9-6-17(13-25(26)31-28(33)34)12-22-20-4-3-5-24(30)23(20)16-35-27-14-18(29)7-8-21(22)27/h3-9,12-14,19H,2,10-11,15-16H2,1H3,(H,31,34)/t19-/m1/s1. The highest BCUT2D eigenvalue weighted by molar-refractivity contribution is 5.95. The molecule has 35 heavy (non-hydrogen) atoms. The molecule has 3 aromatic carbocycles. The summed E-state index contributed by atoms with van der Waals surface area (Å²) in [5.41, 5.74) is 4.92. The van der Waals surface area contributed by atoms with Crippen LogP contribution in [-0.2, 0) is 6.61 Å². The van der Waals surface area contributed by atoms with Crippen LogP contribution in [0.25, 0.3) is 22.7 Å². The SMILES string of the molecule is CCN1CC[C@@H](n2c(=O)[nH]c3cc(C=C4c5ccc(F)cc5OCc5c(F)cccc54)ccc32)C1. The number of ether oxygens (including phenoxy) is 1. The van der Waals surface area contributed by atoms with Gasteiger partial charge in [0.2, 0.25) is 0 Å². The van der Waals surface area contributed by atoms with Crippen molar-refractivity contribution in [3.05, 3.63) is 99.0 Å². The molecule has 0 bridgehead atoms. The average Bonchev–Trinajstić information content (AvgIpc) is 3.40. The van der Waals surface area contributed by atoms with Crippen LogP contribution in [0.2, 0.25) is 0 Å². The predicted molar refractivity (Wildman–Crippen MR) is 132 cm³/mol. The first kappa shape index (κ1) is 21.8. The van der Waals surface area contributed by atoms with Crippen LogP contribution in [0.4, 0.5) is 8.78 Å². The lowest BCUT2D eigenvalue weighted by Gasteiger charge is -2.14. The number of hydrogen-bond donors (Lipinski definition) is 1. The third-order valence-corrected chi connectivity index (χ3v) is 7.13. The molecular weight excluding hydrogens is 448 g/mol. The summed E-state index contributed by atoms with van der Waals surface area (Å²) >= 11 is 0. The Kier molecular flexibility index (Phi) is 5.29. The van der Waals surface area contributed by atoms with Gasteiger partial charge in [0.1, 0.15) is 24.0 Å². The van der Waals surface area contributed by atoms with Crippen molar-refractivity contribution < 1.29 is 13.5 Å². The van der Waals surface area contributed by atoms with Gasteiger partial charge in [-0.25, -0.2) is 13.6 Å². The van der Waals surface area contributed by atoms with Gasteiger partial charge in [-0.05, 0) is 66.1 Å². The Morgan fingerprint density at radius 3 is 2.83 bits per heavy atom. The predicted octanol–water partition coefficient (Wildman–Crippen LogP) is 5.36. The van der Waals surface area contributed by atoms with E-state index in [-0.39, 0.29) is 24.2 Å². The highest BCUT2D eigenvalue weighted by Gasteiger charge is 2.26. The molecule has 3 heterocycles. The molecule has 1 fully saturated rings. The van der Waals surface area contributed by atoms with Crippen molar-refractivity contribution in [1.82, 2.24) is 14.5 Å². The van der Waals surface area contributed by atoms with Gasteiger partial charge in [-0.1, -0.05) is 25.1 Å². The third-order valence-electron chi connectivity index (χ3n) is 7.13. The number of fused-ring (bicyclic) bond motifs is 3. The molecule has 178 valence electrons. The van der Waals surface area contributed by atoms with Gasteiger partial charge in [0.25, 0.3) is 0 Å². The van der Waals surface area contributed by atoms with Crippen LogP contribution in [0.15, 0.2) is 59.4 Å². The molecule has 0 spiro atoms. The van der Waals surface area contributed by atoms with E-state index < -0.39 is 5.82 Å². The number of imidazole rings is 1. The summed E-state index contributed by atoms with van der Waals surface area (Å²) in [4.78, 5) is 18.2. The molecule has 4 aromatic rings. The number of rotatable bonds is 3. The number of nitrogens with zero attached hydrogens (tertiary/aromatic N) is 2. The number of aromatic amines is 1. The molecule has 1 aromatic heterocycles. The van der Waals surface area contributed by atoms with Crippen LogP contribution in [-0.4, -0.2) is 34.1 Å². The fourth-order valence-corrected chi connectivity index (χ4v) is 5.32. The zero-order valence-electron chi connectivity index (χ0n) is 19.4. The maximum Gasteiger partial charge on any atom is 0.326 e. The average molecular weight is 474 g/mol. The Labute approximate surface area is 201 Å². The number of halogens is 2. The summed E-state index contributed by atoms with van der Waals surface area (Å²) in [6.45, 7) is 4.98. The van der Waals surface area contributed by atoms with Crippen LogP contribution in [0.1, 0.15) is 41.6 Å². The van der Waals surface area contributed by atoms with Gasteiger partial charge in [0, 0.05) is 30.3 Å². The second kappa shape index (κ2) is 8.50. The third kappa shape index (κ3) is 3.76. The van der Waals surface area contributed by atoms with Crippen molar-refractivity contribution in [3.63, 3.8) is 0 Å². The smallest absolute Gasteiger partial charge is 0.326 e. The first-order valence-electron chi connectivity index (χ1n) is 11.9. The maximum absolute atomic E-state index is 14.7. The second-order valence-electron chi connectivity index (χ2n) is 9.17. The number of aromatic nitrogens is 2. The van der Waals surface area contributed by atoms with Gasteiger partial charge in [0.05, 0.1) is 17.1 Å². The molecule has 0 aliphatic carbocycles. The lowest BCUT2D eigenvalue weighted by Crippen LogP contribution is -2.26. The van der Waals surface area contributed by atoms with Gasteiger partial charge in [0.15, 0.2) is 0 Å². The first-order chi connectivity index (χ1) is 17.0. The van der Waals surface area contributed by atoms with Crippen molar-refractivity contribution in [1.29, 1.82) is 0 Å². The zero-order valence-corrected chi connectivity index (χ0v) is 19.4. The molecule has 0 amide bonds. The molecule has 1 saturated heterocycles. The summed E-state index contributed by atoms with van der Waals surface area (Å²) in [7, 11) is 0. The summed E-state index contributed by atoms with van der Waals surface area (Å²) < 4.78 is 36.3. The molecule has 2 aliphatic heterocycles. The van der Waals surface area contributed by atoms with Crippen molar-refractivity contribution in [3.8, 4) is 5.75 Å². The molecule has 0 saturated carbocycles. The number of hydrogen-bond acceptors (Lipinski definition) is 3. The number of likely N-dealkylation sites (tertiary alicyclic amines) is 1.